The summed E-state index contributed by atoms with van der Waals surface area (Å²) < 4.78 is 5.84. The topological polar surface area (TPSA) is 134 Å². The van der Waals surface area contributed by atoms with Crippen LogP contribution in [0.1, 0.15) is 24.8 Å². The van der Waals surface area contributed by atoms with Gasteiger partial charge in [0.05, 0.1) is 18.1 Å². The summed E-state index contributed by atoms with van der Waals surface area (Å²) in [6.45, 7) is 2.32. The lowest BCUT2D eigenvalue weighted by Gasteiger charge is -2.12. The number of aliphatic carboxylic acids is 1. The number of H-pyrrole nitrogens is 2. The zero-order chi connectivity index (χ0) is 21.5. The Kier molecular flexibility index (Phi) is 4.50. The van der Waals surface area contributed by atoms with Crippen molar-refractivity contribution in [3.05, 3.63) is 58.4 Å². The zero-order valence-corrected chi connectivity index (χ0v) is 16.6. The Morgan fingerprint density at radius 2 is 2.06 bits per heavy atom. The second-order valence-corrected chi connectivity index (χ2v) is 7.48. The number of carboxylic acids is 1. The third kappa shape index (κ3) is 3.43. The van der Waals surface area contributed by atoms with E-state index in [9.17, 15) is 14.7 Å². The average molecular weight is 417 g/mol. The minimum atomic E-state index is -0.746. The Balaban J connectivity index is 1.54. The summed E-state index contributed by atoms with van der Waals surface area (Å²) in [6.07, 6.45) is 0.673. The number of hydrogen-bond acceptors (Lipinski definition) is 6. The van der Waals surface area contributed by atoms with Crippen LogP contribution in [0.5, 0.6) is 5.75 Å². The molecule has 1 aliphatic carbocycles. The van der Waals surface area contributed by atoms with E-state index in [-0.39, 0.29) is 22.9 Å². The third-order valence-corrected chi connectivity index (χ3v) is 5.49. The monoisotopic (exact) mass is 417 g/mol. The van der Waals surface area contributed by atoms with Crippen LogP contribution >= 0.6 is 0 Å². The van der Waals surface area contributed by atoms with Crippen molar-refractivity contribution >= 4 is 17.1 Å². The molecule has 156 valence electrons. The van der Waals surface area contributed by atoms with Crippen LogP contribution in [0.25, 0.3) is 33.7 Å². The lowest BCUT2D eigenvalue weighted by Crippen LogP contribution is -2.10. The normalized spacial score (nSPS) is 17.6. The van der Waals surface area contributed by atoms with Crippen LogP contribution in [0, 0.1) is 5.92 Å². The van der Waals surface area contributed by atoms with E-state index in [0.717, 1.165) is 16.7 Å². The lowest BCUT2D eigenvalue weighted by molar-refractivity contribution is -0.138. The van der Waals surface area contributed by atoms with Crippen LogP contribution in [0.3, 0.4) is 0 Å². The highest BCUT2D eigenvalue weighted by Crippen LogP contribution is 2.48. The van der Waals surface area contributed by atoms with E-state index in [1.54, 1.807) is 0 Å². The quantitative estimate of drug-likeness (QED) is 0.439. The first-order valence-corrected chi connectivity index (χ1v) is 9.96. The number of ether oxygens (including phenoxy) is 1. The number of nitrogens with zero attached hydrogens (tertiary/aromatic N) is 3. The maximum atomic E-state index is 12.3. The Hall–Kier alpha value is -4.01. The van der Waals surface area contributed by atoms with Crippen LogP contribution in [0.2, 0.25) is 0 Å². The molecule has 31 heavy (non-hydrogen) atoms. The van der Waals surface area contributed by atoms with Gasteiger partial charge in [-0.1, -0.05) is 35.5 Å². The Labute approximate surface area is 176 Å². The van der Waals surface area contributed by atoms with Crippen molar-refractivity contribution in [1.82, 2.24) is 25.4 Å². The van der Waals surface area contributed by atoms with Gasteiger partial charge >= 0.3 is 5.97 Å². The second-order valence-electron chi connectivity index (χ2n) is 7.48. The second kappa shape index (κ2) is 7.35. The third-order valence-electron chi connectivity index (χ3n) is 5.49. The average Bonchev–Trinajstić information content (AvgIpc) is 3.44. The maximum Gasteiger partial charge on any atom is 0.307 e. The van der Waals surface area contributed by atoms with Gasteiger partial charge in [-0.3, -0.25) is 9.59 Å². The molecule has 1 saturated carbocycles. The van der Waals surface area contributed by atoms with Crippen LogP contribution in [-0.2, 0) is 4.79 Å². The fraction of sp³-hybridized carbons (Fsp3) is 0.227. The van der Waals surface area contributed by atoms with Gasteiger partial charge in [0.1, 0.15) is 11.6 Å². The first-order chi connectivity index (χ1) is 15.0. The van der Waals surface area contributed by atoms with Gasteiger partial charge in [0, 0.05) is 0 Å². The molecule has 0 amide bonds. The largest absolute Gasteiger partial charge is 0.493 e. The summed E-state index contributed by atoms with van der Waals surface area (Å²) in [5.74, 6) is -0.0485. The number of nitrogens with one attached hydrogen (secondary N) is 2. The fourth-order valence-electron chi connectivity index (χ4n) is 3.85. The number of aromatic amines is 2. The van der Waals surface area contributed by atoms with Crippen LogP contribution < -0.4 is 10.3 Å². The number of fused-ring (bicyclic) bond motifs is 1. The lowest BCUT2D eigenvalue weighted by atomic mass is 9.99. The zero-order valence-electron chi connectivity index (χ0n) is 16.6. The van der Waals surface area contributed by atoms with E-state index in [4.69, 9.17) is 4.74 Å². The summed E-state index contributed by atoms with van der Waals surface area (Å²) in [5, 5.41) is 19.2. The highest BCUT2D eigenvalue weighted by atomic mass is 16.5. The molecule has 1 unspecified atom stereocenters. The van der Waals surface area contributed by atoms with Crippen molar-refractivity contribution in [2.75, 3.05) is 6.61 Å². The first-order valence-electron chi connectivity index (χ1n) is 9.96. The number of aromatic nitrogens is 5. The number of hydrogen-bond donors (Lipinski definition) is 3. The molecule has 0 aliphatic heterocycles. The molecule has 4 aromatic rings. The molecule has 9 nitrogen and oxygen atoms in total. The van der Waals surface area contributed by atoms with Gasteiger partial charge in [-0.25, -0.2) is 10.1 Å². The molecule has 3 N–H and O–H groups in total. The van der Waals surface area contributed by atoms with Crippen LogP contribution in [0.4, 0.5) is 0 Å². The van der Waals surface area contributed by atoms with Gasteiger partial charge in [0.25, 0.3) is 5.56 Å². The van der Waals surface area contributed by atoms with E-state index >= 15 is 0 Å². The van der Waals surface area contributed by atoms with Gasteiger partial charge < -0.3 is 14.8 Å². The Bertz CT molecular complexity index is 1360. The minimum absolute atomic E-state index is 0.0621. The van der Waals surface area contributed by atoms with Crippen molar-refractivity contribution in [1.29, 1.82) is 0 Å². The van der Waals surface area contributed by atoms with Crippen molar-refractivity contribution in [2.45, 2.75) is 19.3 Å². The molecule has 1 aliphatic rings. The van der Waals surface area contributed by atoms with Crippen LogP contribution in [0.15, 0.2) is 47.3 Å². The van der Waals surface area contributed by atoms with Crippen molar-refractivity contribution in [3.8, 4) is 28.3 Å². The Morgan fingerprint density at radius 3 is 2.84 bits per heavy atom. The molecule has 9 heteroatoms. The highest BCUT2D eigenvalue weighted by molar-refractivity contribution is 5.78. The molecule has 0 spiro atoms. The van der Waals surface area contributed by atoms with Crippen molar-refractivity contribution < 1.29 is 14.6 Å². The Morgan fingerprint density at radius 1 is 1.23 bits per heavy atom. The van der Waals surface area contributed by atoms with E-state index in [1.165, 1.54) is 0 Å². The summed E-state index contributed by atoms with van der Waals surface area (Å²) in [5.41, 5.74) is 3.62. The molecule has 2 aromatic carbocycles. The summed E-state index contributed by atoms with van der Waals surface area (Å²) in [7, 11) is 0. The smallest absolute Gasteiger partial charge is 0.307 e. The predicted octanol–water partition coefficient (Wildman–Crippen LogP) is 2.96. The number of carboxylic acid groups (broad SMARTS) is 1. The molecule has 2 aromatic heterocycles. The van der Waals surface area contributed by atoms with Crippen molar-refractivity contribution in [2.24, 2.45) is 5.92 Å². The van der Waals surface area contributed by atoms with Gasteiger partial charge in [0.15, 0.2) is 11.2 Å². The van der Waals surface area contributed by atoms with Gasteiger partial charge in [-0.05, 0) is 48.1 Å². The van der Waals surface area contributed by atoms with E-state index in [0.29, 0.717) is 35.8 Å². The molecular formula is C22H19N5O4. The number of carbonyl (C=O) groups is 1. The SMILES string of the molecule is CCOc1cc(-c2cccc(C3C[C@@H]3C(=O)O)c2)ccc1-c1nc2[nH]nnc2c(=O)[nH]1. The summed E-state index contributed by atoms with van der Waals surface area (Å²) >= 11 is 0. The standard InChI is InChI=1S/C22H19N5O4/c1-2-31-17-9-12(11-4-3-5-13(8-11)15-10-16(15)22(29)30)6-7-14(17)19-23-20-18(21(28)24-19)25-27-26-20/h3-9,15-16H,2,10H2,1H3,(H,29,30)(H2,23,24,25,26,27,28)/t15?,16-/m0/s1. The molecule has 0 saturated heterocycles. The molecule has 0 bridgehead atoms. The summed E-state index contributed by atoms with van der Waals surface area (Å²) in [6, 6.07) is 13.6. The molecule has 5 rings (SSSR count). The predicted molar refractivity (Wildman–Crippen MR) is 113 cm³/mol. The molecule has 0 radical (unpaired) electrons. The van der Waals surface area contributed by atoms with Crippen molar-refractivity contribution in [3.63, 3.8) is 0 Å². The number of rotatable bonds is 6. The van der Waals surface area contributed by atoms with E-state index in [2.05, 4.69) is 25.4 Å². The van der Waals surface area contributed by atoms with E-state index < -0.39 is 5.97 Å². The first kappa shape index (κ1) is 19.0. The van der Waals surface area contributed by atoms with E-state index in [1.807, 2.05) is 49.4 Å². The van der Waals surface area contributed by atoms with Gasteiger partial charge in [0.2, 0.25) is 0 Å². The molecule has 2 heterocycles. The molecule has 2 atom stereocenters. The highest BCUT2D eigenvalue weighted by Gasteiger charge is 2.44. The van der Waals surface area contributed by atoms with Crippen LogP contribution in [-0.4, -0.2) is 43.1 Å². The minimum Gasteiger partial charge on any atom is -0.493 e. The molecular weight excluding hydrogens is 398 g/mol. The van der Waals surface area contributed by atoms with Gasteiger partial charge in [-0.15, -0.1) is 5.10 Å². The fourth-order valence-corrected chi connectivity index (χ4v) is 3.85. The summed E-state index contributed by atoms with van der Waals surface area (Å²) in [4.78, 5) is 30.6. The number of benzene rings is 2. The van der Waals surface area contributed by atoms with Gasteiger partial charge in [-0.2, -0.15) is 0 Å². The molecule has 1 fully saturated rings. The maximum absolute atomic E-state index is 12.3.